The quantitative estimate of drug-likeness (QED) is 0.707. The minimum absolute atomic E-state index is 0.0361. The number of carbonyl (C=O) groups excluding carboxylic acids is 1. The van der Waals surface area contributed by atoms with Crippen molar-refractivity contribution in [3.8, 4) is 0 Å². The average Bonchev–Trinajstić information content (AvgIpc) is 3.42. The molecule has 2 aliphatic heterocycles. The van der Waals surface area contributed by atoms with E-state index in [9.17, 15) is 4.79 Å². The van der Waals surface area contributed by atoms with E-state index in [1.807, 2.05) is 35.4 Å². The predicted molar refractivity (Wildman–Crippen MR) is 116 cm³/mol. The van der Waals surface area contributed by atoms with Crippen molar-refractivity contribution in [2.24, 2.45) is 11.0 Å². The lowest BCUT2D eigenvalue weighted by Gasteiger charge is -2.50. The fourth-order valence-corrected chi connectivity index (χ4v) is 5.38. The third kappa shape index (κ3) is 2.63. The first-order valence-electron chi connectivity index (χ1n) is 10.8. The van der Waals surface area contributed by atoms with Gasteiger partial charge in [0.2, 0.25) is 5.91 Å². The lowest BCUT2D eigenvalue weighted by Crippen LogP contribution is -2.67. The number of H-pyrrole nitrogens is 1. The summed E-state index contributed by atoms with van der Waals surface area (Å²) in [4.78, 5) is 21.2. The number of hydrogen-bond donors (Lipinski definition) is 2. The summed E-state index contributed by atoms with van der Waals surface area (Å²) in [6, 6.07) is 18.8. The fraction of sp³-hybridized carbons (Fsp3) is 0.333. The molecule has 3 atom stereocenters. The summed E-state index contributed by atoms with van der Waals surface area (Å²) in [5, 5.41) is 5.93. The molecule has 0 spiro atoms. The zero-order valence-electron chi connectivity index (χ0n) is 16.8. The van der Waals surface area contributed by atoms with Gasteiger partial charge in [-0.2, -0.15) is 5.10 Å². The van der Waals surface area contributed by atoms with Crippen molar-refractivity contribution in [1.29, 1.82) is 0 Å². The molecule has 1 saturated carbocycles. The molecule has 6 heteroatoms. The zero-order chi connectivity index (χ0) is 20.1. The minimum atomic E-state index is -0.235. The van der Waals surface area contributed by atoms with E-state index < -0.39 is 0 Å². The first-order valence-corrected chi connectivity index (χ1v) is 10.8. The van der Waals surface area contributed by atoms with Crippen molar-refractivity contribution in [3.63, 3.8) is 0 Å². The van der Waals surface area contributed by atoms with Crippen LogP contribution in [0.4, 0.5) is 0 Å². The molecule has 2 N–H and O–H groups in total. The van der Waals surface area contributed by atoms with Gasteiger partial charge in [0.15, 0.2) is 12.1 Å². The first-order chi connectivity index (χ1) is 14.8. The van der Waals surface area contributed by atoms with Gasteiger partial charge in [0.05, 0.1) is 5.92 Å². The van der Waals surface area contributed by atoms with Gasteiger partial charge in [-0.1, -0.05) is 61.4 Å². The molecule has 3 unspecified atom stereocenters. The fourth-order valence-electron chi connectivity index (χ4n) is 5.38. The number of aromatic nitrogens is 1. The Morgan fingerprint density at radius 3 is 2.70 bits per heavy atom. The Kier molecular flexibility index (Phi) is 4.04. The molecule has 3 heterocycles. The molecule has 1 aromatic heterocycles. The van der Waals surface area contributed by atoms with Crippen LogP contribution in [0.3, 0.4) is 0 Å². The number of aromatic amines is 1. The van der Waals surface area contributed by atoms with Crippen LogP contribution in [0.5, 0.6) is 0 Å². The summed E-state index contributed by atoms with van der Waals surface area (Å²) in [5.74, 6) is 1.24. The second-order valence-electron chi connectivity index (χ2n) is 8.50. The van der Waals surface area contributed by atoms with E-state index in [4.69, 9.17) is 5.10 Å². The molecular weight excluding hydrogens is 374 g/mol. The molecule has 0 radical (unpaired) electrons. The number of benzene rings is 2. The highest BCUT2D eigenvalue weighted by atomic mass is 16.2. The van der Waals surface area contributed by atoms with Gasteiger partial charge in [-0.25, -0.2) is 0 Å². The highest BCUT2D eigenvalue weighted by Crippen LogP contribution is 2.39. The summed E-state index contributed by atoms with van der Waals surface area (Å²) in [6.07, 6.45) is 6.09. The smallest absolute Gasteiger partial charge is 0.231 e. The summed E-state index contributed by atoms with van der Waals surface area (Å²) in [6.45, 7) is 0.591. The van der Waals surface area contributed by atoms with E-state index in [1.54, 1.807) is 0 Å². The number of rotatable bonds is 3. The number of carbonyl (C=O) groups is 1. The molecule has 3 aliphatic rings. The molecule has 30 heavy (non-hydrogen) atoms. The van der Waals surface area contributed by atoms with Crippen molar-refractivity contribution in [2.45, 2.75) is 44.6 Å². The van der Waals surface area contributed by atoms with Crippen LogP contribution in [-0.2, 0) is 11.3 Å². The van der Waals surface area contributed by atoms with Crippen LogP contribution in [0.25, 0.3) is 10.9 Å². The largest absolute Gasteiger partial charge is 0.360 e. The van der Waals surface area contributed by atoms with Gasteiger partial charge in [0.1, 0.15) is 0 Å². The number of para-hydroxylation sites is 1. The van der Waals surface area contributed by atoms with Gasteiger partial charge in [0, 0.05) is 35.2 Å². The Bertz CT molecular complexity index is 1120. The summed E-state index contributed by atoms with van der Waals surface area (Å²) in [7, 11) is 0. The minimum Gasteiger partial charge on any atom is -0.360 e. The highest BCUT2D eigenvalue weighted by Gasteiger charge is 2.51. The molecule has 6 nitrogen and oxygen atoms in total. The van der Waals surface area contributed by atoms with E-state index in [1.165, 1.54) is 0 Å². The Balaban J connectivity index is 1.41. The summed E-state index contributed by atoms with van der Waals surface area (Å²) >= 11 is 0. The summed E-state index contributed by atoms with van der Waals surface area (Å²) < 4.78 is 0. The average molecular weight is 399 g/mol. The Morgan fingerprint density at radius 2 is 1.80 bits per heavy atom. The molecular formula is C24H25N5O. The topological polar surface area (TPSA) is 63.7 Å². The Morgan fingerprint density at radius 1 is 1.00 bits per heavy atom. The van der Waals surface area contributed by atoms with Crippen LogP contribution in [-0.4, -0.2) is 38.9 Å². The van der Waals surface area contributed by atoms with Gasteiger partial charge in [-0.15, -0.1) is 0 Å². The van der Waals surface area contributed by atoms with Crippen molar-refractivity contribution >= 4 is 22.6 Å². The molecule has 1 aliphatic carbocycles. The third-order valence-electron chi connectivity index (χ3n) is 6.80. The van der Waals surface area contributed by atoms with Crippen LogP contribution in [0.15, 0.2) is 65.9 Å². The number of hydrazone groups is 1. The van der Waals surface area contributed by atoms with Crippen LogP contribution in [0.1, 0.15) is 36.8 Å². The van der Waals surface area contributed by atoms with E-state index in [0.717, 1.165) is 53.5 Å². The number of amidine groups is 1. The molecule has 2 aromatic carbocycles. The lowest BCUT2D eigenvalue weighted by molar-refractivity contribution is -0.156. The highest BCUT2D eigenvalue weighted by molar-refractivity contribution is 6.10. The van der Waals surface area contributed by atoms with E-state index in [-0.39, 0.29) is 24.2 Å². The monoisotopic (exact) mass is 399 g/mol. The Labute approximate surface area is 175 Å². The zero-order valence-corrected chi connectivity index (χ0v) is 16.8. The second kappa shape index (κ2) is 6.90. The van der Waals surface area contributed by atoms with Gasteiger partial charge in [-0.3, -0.25) is 15.1 Å². The van der Waals surface area contributed by atoms with Crippen molar-refractivity contribution in [1.82, 2.24) is 20.2 Å². The standard InChI is InChI=1S/C24H25N5O/c30-23-18-11-5-7-13-21(18)29-22(19-14-25-20-12-6-4-10-17(19)20)26-27-24(29)28(23)15-16-8-2-1-3-9-16/h1-4,6,8-10,12,14,18,21,24-25,27H,5,7,11,13,15H2. The molecule has 1 saturated heterocycles. The molecule has 3 aromatic rings. The van der Waals surface area contributed by atoms with Gasteiger partial charge in [0.25, 0.3) is 0 Å². The van der Waals surface area contributed by atoms with Gasteiger partial charge >= 0.3 is 0 Å². The van der Waals surface area contributed by atoms with Crippen LogP contribution in [0.2, 0.25) is 0 Å². The number of amides is 1. The number of nitrogens with one attached hydrogen (secondary N) is 2. The number of nitrogens with zero attached hydrogens (tertiary/aromatic N) is 3. The van der Waals surface area contributed by atoms with Crippen molar-refractivity contribution in [2.75, 3.05) is 0 Å². The van der Waals surface area contributed by atoms with Crippen molar-refractivity contribution < 1.29 is 4.79 Å². The van der Waals surface area contributed by atoms with E-state index in [2.05, 4.69) is 45.6 Å². The first kappa shape index (κ1) is 17.6. The molecule has 0 bridgehead atoms. The van der Waals surface area contributed by atoms with Crippen LogP contribution >= 0.6 is 0 Å². The van der Waals surface area contributed by atoms with Crippen molar-refractivity contribution in [3.05, 3.63) is 71.9 Å². The predicted octanol–water partition coefficient (Wildman–Crippen LogP) is 3.62. The number of hydrogen-bond acceptors (Lipinski definition) is 4. The number of fused-ring (bicyclic) bond motifs is 4. The summed E-state index contributed by atoms with van der Waals surface area (Å²) in [5.41, 5.74) is 6.64. The normalized spacial score (nSPS) is 25.7. The second-order valence-corrected chi connectivity index (χ2v) is 8.50. The van der Waals surface area contributed by atoms with Gasteiger partial charge < -0.3 is 9.88 Å². The third-order valence-corrected chi connectivity index (χ3v) is 6.80. The maximum atomic E-state index is 13.5. The molecule has 2 fully saturated rings. The van der Waals surface area contributed by atoms with Crippen LogP contribution < -0.4 is 5.43 Å². The molecule has 152 valence electrons. The molecule has 1 amide bonds. The SMILES string of the molecule is O=C1C2CCCCC2N2C(c3c[nH]c4ccccc34)=NNC2N1Cc1ccccc1. The van der Waals surface area contributed by atoms with Gasteiger partial charge in [-0.05, 0) is 24.5 Å². The lowest BCUT2D eigenvalue weighted by atomic mass is 9.80. The molecule has 6 rings (SSSR count). The maximum Gasteiger partial charge on any atom is 0.231 e. The van der Waals surface area contributed by atoms with E-state index in [0.29, 0.717) is 6.54 Å². The van der Waals surface area contributed by atoms with Crippen LogP contribution in [0, 0.1) is 5.92 Å². The Hall–Kier alpha value is -3.28. The van der Waals surface area contributed by atoms with E-state index >= 15 is 0 Å². The maximum absolute atomic E-state index is 13.5.